The lowest BCUT2D eigenvalue weighted by molar-refractivity contribution is -0.127. The number of amides is 1. The van der Waals surface area contributed by atoms with Gasteiger partial charge in [0.25, 0.3) is 0 Å². The molecule has 4 heteroatoms. The van der Waals surface area contributed by atoms with Gasteiger partial charge in [-0.15, -0.1) is 0 Å². The fourth-order valence-electron chi connectivity index (χ4n) is 3.14. The third-order valence-corrected chi connectivity index (χ3v) is 4.83. The van der Waals surface area contributed by atoms with Crippen molar-refractivity contribution >= 4 is 12.0 Å². The molecule has 1 saturated heterocycles. The molecule has 1 aliphatic rings. The first-order valence-corrected chi connectivity index (χ1v) is 9.30. The molecule has 1 aromatic carbocycles. The second-order valence-electron chi connectivity index (χ2n) is 7.12. The number of hydrogen-bond acceptors (Lipinski definition) is 3. The molecule has 0 saturated carbocycles. The van der Waals surface area contributed by atoms with Gasteiger partial charge in [-0.3, -0.25) is 14.7 Å². The van der Waals surface area contributed by atoms with Crippen LogP contribution >= 0.6 is 0 Å². The molecule has 0 radical (unpaired) electrons. The summed E-state index contributed by atoms with van der Waals surface area (Å²) >= 11 is 0. The maximum atomic E-state index is 12.4. The Bertz CT molecular complexity index is 730. The van der Waals surface area contributed by atoms with Crippen molar-refractivity contribution in [1.82, 2.24) is 14.8 Å². The summed E-state index contributed by atoms with van der Waals surface area (Å²) in [6, 6.07) is 12.5. The molecule has 1 aliphatic heterocycles. The Morgan fingerprint density at radius 2 is 1.85 bits per heavy atom. The molecular weight excluding hydrogens is 322 g/mol. The van der Waals surface area contributed by atoms with Crippen molar-refractivity contribution in [3.8, 4) is 0 Å². The fourth-order valence-corrected chi connectivity index (χ4v) is 3.14. The van der Waals surface area contributed by atoms with Gasteiger partial charge >= 0.3 is 0 Å². The molecule has 0 aliphatic carbocycles. The molecule has 1 fully saturated rings. The minimum atomic E-state index is 0.0963. The van der Waals surface area contributed by atoms with Crippen molar-refractivity contribution in [1.29, 1.82) is 0 Å². The minimum absolute atomic E-state index is 0.0963. The van der Waals surface area contributed by atoms with Crippen molar-refractivity contribution in [3.05, 3.63) is 71.6 Å². The summed E-state index contributed by atoms with van der Waals surface area (Å²) in [5, 5.41) is 0. The van der Waals surface area contributed by atoms with Crippen LogP contribution in [-0.4, -0.2) is 46.9 Å². The minimum Gasteiger partial charge on any atom is -0.337 e. The third-order valence-electron chi connectivity index (χ3n) is 4.83. The first-order chi connectivity index (χ1) is 12.6. The first-order valence-electron chi connectivity index (χ1n) is 9.30. The van der Waals surface area contributed by atoms with Gasteiger partial charge in [0, 0.05) is 51.2 Å². The number of rotatable bonds is 5. The average Bonchev–Trinajstić information content (AvgIpc) is 2.68. The van der Waals surface area contributed by atoms with Gasteiger partial charge in [-0.05, 0) is 34.8 Å². The molecule has 1 aromatic heterocycles. The molecule has 2 heterocycles. The molecule has 0 unspecified atom stereocenters. The molecule has 3 rings (SSSR count). The predicted octanol–water partition coefficient (Wildman–Crippen LogP) is 3.56. The highest BCUT2D eigenvalue weighted by Gasteiger charge is 2.19. The zero-order valence-electron chi connectivity index (χ0n) is 15.6. The average molecular weight is 349 g/mol. The highest BCUT2D eigenvalue weighted by molar-refractivity contribution is 5.91. The van der Waals surface area contributed by atoms with Crippen LogP contribution in [0.15, 0.2) is 54.9 Å². The van der Waals surface area contributed by atoms with Crippen LogP contribution in [-0.2, 0) is 11.3 Å². The molecule has 0 spiro atoms. The molecule has 1 amide bonds. The number of benzene rings is 1. The summed E-state index contributed by atoms with van der Waals surface area (Å²) in [6.45, 7) is 8.61. The summed E-state index contributed by atoms with van der Waals surface area (Å²) < 4.78 is 0. The van der Waals surface area contributed by atoms with Gasteiger partial charge in [0.2, 0.25) is 5.91 Å². The summed E-state index contributed by atoms with van der Waals surface area (Å²) in [4.78, 5) is 20.9. The summed E-state index contributed by atoms with van der Waals surface area (Å²) in [5.41, 5.74) is 3.60. The molecule has 136 valence electrons. The van der Waals surface area contributed by atoms with Crippen molar-refractivity contribution in [2.45, 2.75) is 26.3 Å². The molecule has 2 aromatic rings. The summed E-state index contributed by atoms with van der Waals surface area (Å²) in [6.07, 6.45) is 7.31. The van der Waals surface area contributed by atoms with Gasteiger partial charge in [-0.1, -0.05) is 44.2 Å². The first kappa shape index (κ1) is 18.3. The van der Waals surface area contributed by atoms with Gasteiger partial charge in [0.15, 0.2) is 0 Å². The van der Waals surface area contributed by atoms with Crippen LogP contribution in [0.4, 0.5) is 0 Å². The number of hydrogen-bond donors (Lipinski definition) is 0. The van der Waals surface area contributed by atoms with Crippen LogP contribution < -0.4 is 0 Å². The van der Waals surface area contributed by atoms with Crippen LogP contribution in [0, 0.1) is 0 Å². The molecule has 4 nitrogen and oxygen atoms in total. The second-order valence-corrected chi connectivity index (χ2v) is 7.12. The molecule has 26 heavy (non-hydrogen) atoms. The molecule has 0 N–H and O–H groups in total. The van der Waals surface area contributed by atoms with E-state index in [4.69, 9.17) is 0 Å². The quantitative estimate of drug-likeness (QED) is 0.775. The standard InChI is InChI=1S/C22H27N3O/c1-18(2)21-8-5-19(6-9-21)7-10-22(26)25-14-12-24(13-15-25)17-20-4-3-11-23-16-20/h3-11,16,18H,12-15,17H2,1-2H3/b10-7+. The predicted molar refractivity (Wildman–Crippen MR) is 106 cm³/mol. The van der Waals surface area contributed by atoms with E-state index in [0.717, 1.165) is 38.3 Å². The lowest BCUT2D eigenvalue weighted by Crippen LogP contribution is -2.47. The number of carbonyl (C=O) groups excluding carboxylic acids is 1. The zero-order valence-corrected chi connectivity index (χ0v) is 15.6. The Morgan fingerprint density at radius 3 is 2.46 bits per heavy atom. The second kappa shape index (κ2) is 8.77. The highest BCUT2D eigenvalue weighted by Crippen LogP contribution is 2.15. The Labute approximate surface area is 156 Å². The number of aromatic nitrogens is 1. The summed E-state index contributed by atoms with van der Waals surface area (Å²) in [7, 11) is 0. The van der Waals surface area contributed by atoms with Gasteiger partial charge in [0.05, 0.1) is 0 Å². The smallest absolute Gasteiger partial charge is 0.246 e. The normalized spacial score (nSPS) is 15.7. The van der Waals surface area contributed by atoms with Crippen LogP contribution in [0.1, 0.15) is 36.5 Å². The third kappa shape index (κ3) is 5.02. The van der Waals surface area contributed by atoms with Crippen LogP contribution in [0.5, 0.6) is 0 Å². The lowest BCUT2D eigenvalue weighted by Gasteiger charge is -2.34. The zero-order chi connectivity index (χ0) is 18.4. The lowest BCUT2D eigenvalue weighted by atomic mass is 10.0. The largest absolute Gasteiger partial charge is 0.337 e. The van der Waals surface area contributed by atoms with Crippen LogP contribution in [0.3, 0.4) is 0 Å². The van der Waals surface area contributed by atoms with Crippen LogP contribution in [0.2, 0.25) is 0 Å². The van der Waals surface area contributed by atoms with E-state index < -0.39 is 0 Å². The van der Waals surface area contributed by atoms with E-state index >= 15 is 0 Å². The van der Waals surface area contributed by atoms with E-state index in [1.54, 1.807) is 12.3 Å². The highest BCUT2D eigenvalue weighted by atomic mass is 16.2. The van der Waals surface area contributed by atoms with E-state index in [2.05, 4.69) is 54.1 Å². The van der Waals surface area contributed by atoms with E-state index in [9.17, 15) is 4.79 Å². The van der Waals surface area contributed by atoms with E-state index in [1.807, 2.05) is 23.2 Å². The van der Waals surface area contributed by atoms with Crippen molar-refractivity contribution < 1.29 is 4.79 Å². The van der Waals surface area contributed by atoms with E-state index in [0.29, 0.717) is 5.92 Å². The molecular formula is C22H27N3O. The number of piperazine rings is 1. The topological polar surface area (TPSA) is 36.4 Å². The van der Waals surface area contributed by atoms with Gasteiger partial charge < -0.3 is 4.90 Å². The van der Waals surface area contributed by atoms with Gasteiger partial charge in [0.1, 0.15) is 0 Å². The molecule has 0 atom stereocenters. The monoisotopic (exact) mass is 349 g/mol. The van der Waals surface area contributed by atoms with Gasteiger partial charge in [-0.25, -0.2) is 0 Å². The van der Waals surface area contributed by atoms with Crippen molar-refractivity contribution in [2.75, 3.05) is 26.2 Å². The Hall–Kier alpha value is -2.46. The van der Waals surface area contributed by atoms with Crippen molar-refractivity contribution in [3.63, 3.8) is 0 Å². The number of nitrogens with zero attached hydrogens (tertiary/aromatic N) is 3. The fraction of sp³-hybridized carbons (Fsp3) is 0.364. The Balaban J connectivity index is 1.48. The molecule has 0 bridgehead atoms. The summed E-state index contributed by atoms with van der Waals surface area (Å²) in [5.74, 6) is 0.622. The van der Waals surface area contributed by atoms with Crippen LogP contribution in [0.25, 0.3) is 6.08 Å². The number of carbonyl (C=O) groups is 1. The van der Waals surface area contributed by atoms with Gasteiger partial charge in [-0.2, -0.15) is 0 Å². The van der Waals surface area contributed by atoms with Crippen molar-refractivity contribution in [2.24, 2.45) is 0 Å². The Morgan fingerprint density at radius 1 is 1.12 bits per heavy atom. The Kier molecular flexibility index (Phi) is 6.18. The maximum Gasteiger partial charge on any atom is 0.246 e. The number of pyridine rings is 1. The SMILES string of the molecule is CC(C)c1ccc(/C=C/C(=O)N2CCN(Cc3cccnc3)CC2)cc1. The van der Waals surface area contributed by atoms with E-state index in [-0.39, 0.29) is 5.91 Å². The maximum absolute atomic E-state index is 12.4. The van der Waals surface area contributed by atoms with E-state index in [1.165, 1.54) is 11.1 Å².